The van der Waals surface area contributed by atoms with E-state index in [1.807, 2.05) is 6.92 Å². The van der Waals surface area contributed by atoms with Crippen LogP contribution in [-0.4, -0.2) is 19.6 Å². The first-order valence-electron chi connectivity index (χ1n) is 5.01. The fourth-order valence-corrected chi connectivity index (χ4v) is 1.13. The van der Waals surface area contributed by atoms with Gasteiger partial charge in [-0.25, -0.2) is 0 Å². The lowest BCUT2D eigenvalue weighted by atomic mass is 10.1. The largest absolute Gasteiger partial charge is 0.468 e. The van der Waals surface area contributed by atoms with Crippen molar-refractivity contribution >= 4 is 0 Å². The maximum absolute atomic E-state index is 11.7. The van der Waals surface area contributed by atoms with Crippen LogP contribution in [-0.2, 0) is 4.74 Å². The number of alkyl halides is 3. The molecule has 0 fully saturated rings. The first-order chi connectivity index (χ1) is 7.88. The van der Waals surface area contributed by atoms with Crippen LogP contribution in [0.3, 0.4) is 0 Å². The molecule has 0 aliphatic carbocycles. The lowest BCUT2D eigenvalue weighted by molar-refractivity contribution is -0.186. The van der Waals surface area contributed by atoms with Crippen LogP contribution in [0.4, 0.5) is 13.2 Å². The summed E-state index contributed by atoms with van der Waals surface area (Å²) >= 11 is 0. The van der Waals surface area contributed by atoms with Gasteiger partial charge in [-0.2, -0.15) is 13.2 Å². The zero-order valence-corrected chi connectivity index (χ0v) is 9.33. The van der Waals surface area contributed by atoms with Crippen LogP contribution >= 0.6 is 0 Å². The highest BCUT2D eigenvalue weighted by atomic mass is 19.4. The van der Waals surface area contributed by atoms with Gasteiger partial charge < -0.3 is 15.2 Å². The SMILES string of the molecule is C[C@H](N)c1ccc(OCOCC(F)(F)F)cc1. The highest BCUT2D eigenvalue weighted by molar-refractivity contribution is 5.28. The average molecular weight is 249 g/mol. The van der Waals surface area contributed by atoms with Crippen molar-refractivity contribution in [1.82, 2.24) is 0 Å². The van der Waals surface area contributed by atoms with E-state index in [0.717, 1.165) is 5.56 Å². The minimum atomic E-state index is -4.33. The molecule has 0 bridgehead atoms. The van der Waals surface area contributed by atoms with Gasteiger partial charge in [0.25, 0.3) is 0 Å². The Balaban J connectivity index is 2.33. The highest BCUT2D eigenvalue weighted by Crippen LogP contribution is 2.17. The monoisotopic (exact) mass is 249 g/mol. The molecule has 3 nitrogen and oxygen atoms in total. The third-order valence-corrected chi connectivity index (χ3v) is 1.98. The number of ether oxygens (including phenoxy) is 2. The molecule has 0 saturated carbocycles. The molecule has 0 spiro atoms. The molecule has 0 amide bonds. The lowest BCUT2D eigenvalue weighted by Crippen LogP contribution is -2.19. The average Bonchev–Trinajstić information content (AvgIpc) is 2.24. The van der Waals surface area contributed by atoms with Crippen molar-refractivity contribution in [3.63, 3.8) is 0 Å². The molecule has 0 radical (unpaired) electrons. The molecule has 1 aromatic carbocycles. The minimum Gasteiger partial charge on any atom is -0.468 e. The van der Waals surface area contributed by atoms with Gasteiger partial charge in [0.15, 0.2) is 6.79 Å². The maximum atomic E-state index is 11.7. The van der Waals surface area contributed by atoms with Crippen LogP contribution in [0.2, 0.25) is 0 Å². The summed E-state index contributed by atoms with van der Waals surface area (Å²) in [7, 11) is 0. The number of benzene rings is 1. The Kier molecular flexibility index (Phi) is 4.77. The summed E-state index contributed by atoms with van der Waals surface area (Å²) in [6, 6.07) is 6.68. The molecule has 0 aromatic heterocycles. The van der Waals surface area contributed by atoms with E-state index in [1.165, 1.54) is 0 Å². The molecule has 0 saturated heterocycles. The zero-order valence-electron chi connectivity index (χ0n) is 9.33. The Hall–Kier alpha value is -1.27. The number of halogens is 3. The molecular formula is C11H14F3NO2. The number of nitrogens with two attached hydrogens (primary N) is 1. The van der Waals surface area contributed by atoms with E-state index in [2.05, 4.69) is 4.74 Å². The lowest BCUT2D eigenvalue weighted by Gasteiger charge is -2.10. The normalized spacial score (nSPS) is 13.5. The number of rotatable bonds is 5. The van der Waals surface area contributed by atoms with Crippen LogP contribution in [0.25, 0.3) is 0 Å². The van der Waals surface area contributed by atoms with E-state index in [0.29, 0.717) is 5.75 Å². The van der Waals surface area contributed by atoms with Crippen LogP contribution in [0.15, 0.2) is 24.3 Å². The zero-order chi connectivity index (χ0) is 12.9. The fraction of sp³-hybridized carbons (Fsp3) is 0.455. The van der Waals surface area contributed by atoms with E-state index in [4.69, 9.17) is 10.5 Å². The molecule has 1 aromatic rings. The predicted octanol–water partition coefficient (Wildman–Crippen LogP) is 2.62. The molecule has 0 aliphatic heterocycles. The van der Waals surface area contributed by atoms with Crippen molar-refractivity contribution in [2.75, 3.05) is 13.4 Å². The number of hydrogen-bond acceptors (Lipinski definition) is 3. The van der Waals surface area contributed by atoms with Crippen molar-refractivity contribution < 1.29 is 22.6 Å². The second kappa shape index (κ2) is 5.88. The van der Waals surface area contributed by atoms with Crippen molar-refractivity contribution in [2.45, 2.75) is 19.1 Å². The first-order valence-corrected chi connectivity index (χ1v) is 5.01. The van der Waals surface area contributed by atoms with E-state index in [9.17, 15) is 13.2 Å². The van der Waals surface area contributed by atoms with Crippen molar-refractivity contribution in [3.8, 4) is 5.75 Å². The van der Waals surface area contributed by atoms with Crippen molar-refractivity contribution in [2.24, 2.45) is 5.73 Å². The molecule has 17 heavy (non-hydrogen) atoms. The van der Waals surface area contributed by atoms with Gasteiger partial charge >= 0.3 is 6.18 Å². The third kappa shape index (κ3) is 5.55. The van der Waals surface area contributed by atoms with Gasteiger partial charge in [0.1, 0.15) is 12.4 Å². The van der Waals surface area contributed by atoms with Crippen LogP contribution in [0, 0.1) is 0 Å². The van der Waals surface area contributed by atoms with E-state index < -0.39 is 19.6 Å². The van der Waals surface area contributed by atoms with Gasteiger partial charge in [-0.05, 0) is 24.6 Å². The highest BCUT2D eigenvalue weighted by Gasteiger charge is 2.27. The third-order valence-electron chi connectivity index (χ3n) is 1.98. The molecule has 1 atom stereocenters. The molecule has 0 unspecified atom stereocenters. The van der Waals surface area contributed by atoms with Gasteiger partial charge in [-0.15, -0.1) is 0 Å². The summed E-state index contributed by atoms with van der Waals surface area (Å²) in [5, 5.41) is 0. The summed E-state index contributed by atoms with van der Waals surface area (Å²) in [4.78, 5) is 0. The topological polar surface area (TPSA) is 44.5 Å². The Morgan fingerprint density at radius 1 is 1.24 bits per heavy atom. The fourth-order valence-electron chi connectivity index (χ4n) is 1.13. The van der Waals surface area contributed by atoms with Crippen molar-refractivity contribution in [1.29, 1.82) is 0 Å². The van der Waals surface area contributed by atoms with E-state index in [1.54, 1.807) is 24.3 Å². The second-order valence-corrected chi connectivity index (χ2v) is 3.58. The molecule has 96 valence electrons. The van der Waals surface area contributed by atoms with Gasteiger partial charge in [0, 0.05) is 6.04 Å². The summed E-state index contributed by atoms with van der Waals surface area (Å²) in [6.45, 7) is 0.0876. The van der Waals surface area contributed by atoms with Crippen LogP contribution in [0.5, 0.6) is 5.75 Å². The summed E-state index contributed by atoms with van der Waals surface area (Å²) < 4.78 is 44.5. The Morgan fingerprint density at radius 3 is 2.29 bits per heavy atom. The Labute approximate surface area is 97.3 Å². The van der Waals surface area contributed by atoms with Crippen LogP contribution in [0.1, 0.15) is 18.5 Å². The van der Waals surface area contributed by atoms with Gasteiger partial charge in [0.05, 0.1) is 0 Å². The van der Waals surface area contributed by atoms with E-state index in [-0.39, 0.29) is 6.04 Å². The second-order valence-electron chi connectivity index (χ2n) is 3.58. The molecular weight excluding hydrogens is 235 g/mol. The maximum Gasteiger partial charge on any atom is 0.411 e. The quantitative estimate of drug-likeness (QED) is 0.644. The van der Waals surface area contributed by atoms with Gasteiger partial charge in [-0.1, -0.05) is 12.1 Å². The Morgan fingerprint density at radius 2 is 1.82 bits per heavy atom. The first kappa shape index (κ1) is 13.8. The van der Waals surface area contributed by atoms with Crippen LogP contribution < -0.4 is 10.5 Å². The Bertz CT molecular complexity index is 336. The minimum absolute atomic E-state index is 0.0921. The molecule has 1 rings (SSSR count). The molecule has 0 heterocycles. The van der Waals surface area contributed by atoms with Crippen molar-refractivity contribution in [3.05, 3.63) is 29.8 Å². The van der Waals surface area contributed by atoms with Gasteiger partial charge in [-0.3, -0.25) is 0 Å². The predicted molar refractivity (Wildman–Crippen MR) is 56.5 cm³/mol. The number of hydrogen-bond donors (Lipinski definition) is 1. The van der Waals surface area contributed by atoms with Gasteiger partial charge in [0.2, 0.25) is 0 Å². The smallest absolute Gasteiger partial charge is 0.411 e. The van der Waals surface area contributed by atoms with E-state index >= 15 is 0 Å². The summed E-state index contributed by atoms with van der Waals surface area (Å²) in [5.41, 5.74) is 6.57. The standard InChI is InChI=1S/C11H14F3NO2/c1-8(15)9-2-4-10(5-3-9)17-7-16-6-11(12,13)14/h2-5,8H,6-7,15H2,1H3/t8-/m0/s1. The summed E-state index contributed by atoms with van der Waals surface area (Å²) in [6.07, 6.45) is -4.33. The molecule has 2 N–H and O–H groups in total. The summed E-state index contributed by atoms with van der Waals surface area (Å²) in [5.74, 6) is 0.441. The molecule has 6 heteroatoms. The molecule has 0 aliphatic rings.